The Hall–Kier alpha value is -1.79. The number of amides is 2. The zero-order valence-electron chi connectivity index (χ0n) is 10.6. The van der Waals surface area contributed by atoms with Crippen LogP contribution < -0.4 is 5.32 Å². The molecule has 19 heavy (non-hydrogen) atoms. The highest BCUT2D eigenvalue weighted by atomic mass is 35.5. The maximum absolute atomic E-state index is 11.7. The second-order valence-electron chi connectivity index (χ2n) is 4.16. The molecule has 0 spiro atoms. The van der Waals surface area contributed by atoms with Gasteiger partial charge in [0.25, 0.3) is 0 Å². The molecule has 0 radical (unpaired) electrons. The summed E-state index contributed by atoms with van der Waals surface area (Å²) in [7, 11) is 1.54. The fourth-order valence-electron chi connectivity index (χ4n) is 1.46. The van der Waals surface area contributed by atoms with E-state index in [0.29, 0.717) is 5.69 Å². The molecular weight excluding hydrogens is 272 g/mol. The van der Waals surface area contributed by atoms with Crippen LogP contribution in [0.15, 0.2) is 18.2 Å². The lowest BCUT2D eigenvalue weighted by molar-refractivity contribution is 0.0697. The lowest BCUT2D eigenvalue weighted by Crippen LogP contribution is -2.36. The van der Waals surface area contributed by atoms with E-state index in [1.54, 1.807) is 6.92 Å². The molecule has 0 fully saturated rings. The standard InChI is InChI=1S/C12H15ClN2O4/c1-7(16)6-15(2)12(19)14-8-3-4-9(11(17)18)10(13)5-8/h3-5,7,16H,6H2,1-2H3,(H,14,19)(H,17,18). The normalized spacial score (nSPS) is 11.8. The van der Waals surface area contributed by atoms with Crippen LogP contribution in [0.25, 0.3) is 0 Å². The number of likely N-dealkylation sites (N-methyl/N-ethyl adjacent to an activating group) is 1. The fraction of sp³-hybridized carbons (Fsp3) is 0.333. The van der Waals surface area contributed by atoms with Gasteiger partial charge in [-0.25, -0.2) is 9.59 Å². The molecule has 7 heteroatoms. The molecule has 1 atom stereocenters. The van der Waals surface area contributed by atoms with E-state index in [-0.39, 0.29) is 17.1 Å². The predicted molar refractivity (Wildman–Crippen MR) is 71.7 cm³/mol. The van der Waals surface area contributed by atoms with E-state index < -0.39 is 18.1 Å². The quantitative estimate of drug-likeness (QED) is 0.788. The summed E-state index contributed by atoms with van der Waals surface area (Å²) < 4.78 is 0. The number of nitrogens with one attached hydrogen (secondary N) is 1. The molecule has 0 saturated heterocycles. The lowest BCUT2D eigenvalue weighted by Gasteiger charge is -2.19. The molecule has 3 N–H and O–H groups in total. The summed E-state index contributed by atoms with van der Waals surface area (Å²) in [6, 6.07) is 3.71. The van der Waals surface area contributed by atoms with Crippen LogP contribution in [0, 0.1) is 0 Å². The number of benzene rings is 1. The van der Waals surface area contributed by atoms with E-state index in [9.17, 15) is 14.7 Å². The minimum absolute atomic E-state index is 0.0306. The largest absolute Gasteiger partial charge is 0.478 e. The zero-order chi connectivity index (χ0) is 14.6. The first-order valence-electron chi connectivity index (χ1n) is 5.54. The van der Waals surface area contributed by atoms with Gasteiger partial charge in [0.05, 0.1) is 16.7 Å². The van der Waals surface area contributed by atoms with Crippen molar-refractivity contribution < 1.29 is 19.8 Å². The van der Waals surface area contributed by atoms with Crippen molar-refractivity contribution in [1.82, 2.24) is 4.90 Å². The summed E-state index contributed by atoms with van der Waals surface area (Å²) in [6.07, 6.45) is -0.631. The van der Waals surface area contributed by atoms with E-state index in [0.717, 1.165) is 0 Å². The Morgan fingerprint density at radius 3 is 2.58 bits per heavy atom. The number of rotatable bonds is 4. The highest BCUT2D eigenvalue weighted by Gasteiger charge is 2.13. The van der Waals surface area contributed by atoms with Crippen molar-refractivity contribution in [2.75, 3.05) is 18.9 Å². The van der Waals surface area contributed by atoms with Crippen molar-refractivity contribution >= 4 is 29.3 Å². The Bertz CT molecular complexity index is 491. The van der Waals surface area contributed by atoms with Gasteiger partial charge in [-0.15, -0.1) is 0 Å². The Morgan fingerprint density at radius 2 is 2.11 bits per heavy atom. The smallest absolute Gasteiger partial charge is 0.337 e. The number of aliphatic hydroxyl groups is 1. The predicted octanol–water partition coefficient (Wildman–Crippen LogP) is 1.88. The number of hydrogen-bond acceptors (Lipinski definition) is 3. The fourth-order valence-corrected chi connectivity index (χ4v) is 1.73. The van der Waals surface area contributed by atoms with Gasteiger partial charge in [-0.05, 0) is 25.1 Å². The summed E-state index contributed by atoms with van der Waals surface area (Å²) in [5.41, 5.74) is 0.356. The Kier molecular flexibility index (Phi) is 5.14. The molecule has 0 aliphatic heterocycles. The topological polar surface area (TPSA) is 89.9 Å². The Labute approximate surface area is 115 Å². The number of aromatic carboxylic acids is 1. The van der Waals surface area contributed by atoms with Crippen LogP contribution >= 0.6 is 11.6 Å². The Morgan fingerprint density at radius 1 is 1.47 bits per heavy atom. The number of nitrogens with zero attached hydrogens (tertiary/aromatic N) is 1. The van der Waals surface area contributed by atoms with Crippen molar-refractivity contribution in [3.63, 3.8) is 0 Å². The van der Waals surface area contributed by atoms with Gasteiger partial charge in [0.15, 0.2) is 0 Å². The van der Waals surface area contributed by atoms with Crippen LogP contribution in [0.5, 0.6) is 0 Å². The minimum atomic E-state index is -1.13. The Balaban J connectivity index is 2.75. The zero-order valence-corrected chi connectivity index (χ0v) is 11.3. The summed E-state index contributed by atoms with van der Waals surface area (Å²) in [4.78, 5) is 23.8. The molecule has 2 amide bonds. The first-order chi connectivity index (χ1) is 8.81. The van der Waals surface area contributed by atoms with Crippen molar-refractivity contribution in [1.29, 1.82) is 0 Å². The average molecular weight is 287 g/mol. The first-order valence-corrected chi connectivity index (χ1v) is 5.92. The maximum atomic E-state index is 11.7. The molecule has 0 aromatic heterocycles. The van der Waals surface area contributed by atoms with Gasteiger partial charge < -0.3 is 20.4 Å². The third kappa shape index (κ3) is 4.42. The lowest BCUT2D eigenvalue weighted by atomic mass is 10.2. The molecule has 1 rings (SSSR count). The van der Waals surface area contributed by atoms with Crippen molar-refractivity contribution in [3.8, 4) is 0 Å². The highest BCUT2D eigenvalue weighted by Crippen LogP contribution is 2.21. The number of anilines is 1. The van der Waals surface area contributed by atoms with Gasteiger partial charge in [-0.2, -0.15) is 0 Å². The summed E-state index contributed by atoms with van der Waals surface area (Å²) in [6.45, 7) is 1.76. The van der Waals surface area contributed by atoms with Gasteiger partial charge in [-0.3, -0.25) is 0 Å². The number of hydrogen-bond donors (Lipinski definition) is 3. The number of halogens is 1. The second kappa shape index (κ2) is 6.40. The SMILES string of the molecule is CC(O)CN(C)C(=O)Nc1ccc(C(=O)O)c(Cl)c1. The van der Waals surface area contributed by atoms with Crippen LogP contribution in [0.1, 0.15) is 17.3 Å². The summed E-state index contributed by atoms with van der Waals surface area (Å²) in [5, 5.41) is 20.6. The van der Waals surface area contributed by atoms with E-state index in [4.69, 9.17) is 16.7 Å². The maximum Gasteiger partial charge on any atom is 0.337 e. The molecule has 1 unspecified atom stereocenters. The van der Waals surface area contributed by atoms with Crippen molar-refractivity contribution in [2.45, 2.75) is 13.0 Å². The molecule has 0 heterocycles. The summed E-state index contributed by atoms with van der Waals surface area (Å²) in [5.74, 6) is -1.13. The monoisotopic (exact) mass is 286 g/mol. The number of carboxylic acids is 1. The van der Waals surface area contributed by atoms with Crippen LogP contribution in [0.4, 0.5) is 10.5 Å². The van der Waals surface area contributed by atoms with E-state index >= 15 is 0 Å². The number of carbonyl (C=O) groups is 2. The molecule has 1 aromatic rings. The van der Waals surface area contributed by atoms with Crippen LogP contribution in [-0.4, -0.2) is 46.8 Å². The van der Waals surface area contributed by atoms with Gasteiger partial charge in [0.1, 0.15) is 0 Å². The summed E-state index contributed by atoms with van der Waals surface area (Å²) >= 11 is 5.79. The minimum Gasteiger partial charge on any atom is -0.478 e. The molecule has 104 valence electrons. The molecule has 0 bridgehead atoms. The first kappa shape index (κ1) is 15.3. The molecule has 0 aliphatic carbocycles. The number of carbonyl (C=O) groups excluding carboxylic acids is 1. The molecule has 6 nitrogen and oxygen atoms in total. The van der Waals surface area contributed by atoms with Gasteiger partial charge in [0.2, 0.25) is 0 Å². The van der Waals surface area contributed by atoms with E-state index in [1.165, 1.54) is 30.1 Å². The van der Waals surface area contributed by atoms with Gasteiger partial charge in [0, 0.05) is 19.3 Å². The third-order valence-electron chi connectivity index (χ3n) is 2.34. The average Bonchev–Trinajstić information content (AvgIpc) is 2.27. The van der Waals surface area contributed by atoms with Gasteiger partial charge in [-0.1, -0.05) is 11.6 Å². The molecular formula is C12H15ClN2O4. The van der Waals surface area contributed by atoms with Crippen molar-refractivity contribution in [2.24, 2.45) is 0 Å². The van der Waals surface area contributed by atoms with Crippen LogP contribution in [-0.2, 0) is 0 Å². The molecule has 1 aromatic carbocycles. The molecule has 0 saturated carbocycles. The van der Waals surface area contributed by atoms with E-state index in [1.807, 2.05) is 0 Å². The van der Waals surface area contributed by atoms with Gasteiger partial charge >= 0.3 is 12.0 Å². The third-order valence-corrected chi connectivity index (χ3v) is 2.65. The van der Waals surface area contributed by atoms with Crippen molar-refractivity contribution in [3.05, 3.63) is 28.8 Å². The number of aliphatic hydroxyl groups excluding tert-OH is 1. The van der Waals surface area contributed by atoms with Crippen LogP contribution in [0.2, 0.25) is 5.02 Å². The van der Waals surface area contributed by atoms with E-state index in [2.05, 4.69) is 5.32 Å². The van der Waals surface area contributed by atoms with Crippen LogP contribution in [0.3, 0.4) is 0 Å². The highest BCUT2D eigenvalue weighted by molar-refractivity contribution is 6.33. The second-order valence-corrected chi connectivity index (χ2v) is 4.57. The molecule has 0 aliphatic rings. The number of urea groups is 1. The number of carboxylic acid groups (broad SMARTS) is 1.